The Hall–Kier alpha value is -0.380. The molecule has 0 aromatic carbocycles. The third-order valence-electron chi connectivity index (χ3n) is 3.34. The zero-order chi connectivity index (χ0) is 15.8. The highest BCUT2D eigenvalue weighted by atomic mass is 32.1. The Kier molecular flexibility index (Phi) is 8.53. The molecule has 1 heterocycles. The van der Waals surface area contributed by atoms with Crippen LogP contribution in [0, 0.1) is 0 Å². The van der Waals surface area contributed by atoms with Crippen molar-refractivity contribution in [2.45, 2.75) is 56.8 Å². The van der Waals surface area contributed by atoms with Gasteiger partial charge >= 0.3 is 0 Å². The topological polar surface area (TPSA) is 108 Å². The molecule has 1 saturated heterocycles. The van der Waals surface area contributed by atoms with Crippen molar-refractivity contribution in [2.24, 2.45) is 0 Å². The van der Waals surface area contributed by atoms with Gasteiger partial charge in [-0.25, -0.2) is 0 Å². The summed E-state index contributed by atoms with van der Waals surface area (Å²) in [6, 6.07) is -0.870. The van der Waals surface area contributed by atoms with Crippen molar-refractivity contribution in [3.8, 4) is 0 Å². The van der Waals surface area contributed by atoms with Crippen LogP contribution < -0.4 is 5.32 Å². The summed E-state index contributed by atoms with van der Waals surface area (Å²) in [4.78, 5) is 11.2. The molecule has 0 saturated carbocycles. The zero-order valence-electron chi connectivity index (χ0n) is 12.1. The average Bonchev–Trinajstić information content (AvgIpc) is 2.45. The van der Waals surface area contributed by atoms with Crippen LogP contribution in [0.15, 0.2) is 0 Å². The Morgan fingerprint density at radius 2 is 2.00 bits per heavy atom. The first kappa shape index (κ1) is 18.7. The number of hydrogen-bond donors (Lipinski definition) is 5. The second kappa shape index (κ2) is 9.60. The van der Waals surface area contributed by atoms with Gasteiger partial charge in [0.25, 0.3) is 0 Å². The molecule has 1 rings (SSSR count). The lowest BCUT2D eigenvalue weighted by atomic mass is 9.97. The van der Waals surface area contributed by atoms with Gasteiger partial charge < -0.3 is 30.1 Å². The smallest absolute Gasteiger partial charge is 0.217 e. The van der Waals surface area contributed by atoms with Crippen LogP contribution in [-0.4, -0.2) is 70.8 Å². The fourth-order valence-corrected chi connectivity index (χ4v) is 2.43. The number of thiol groups is 1. The largest absolute Gasteiger partial charge is 0.394 e. The third-order valence-corrected chi connectivity index (χ3v) is 3.65. The predicted molar refractivity (Wildman–Crippen MR) is 79.0 cm³/mol. The van der Waals surface area contributed by atoms with Gasteiger partial charge in [0.05, 0.1) is 6.61 Å². The first-order chi connectivity index (χ1) is 10.0. The number of hydrogen-bond acceptors (Lipinski definition) is 7. The van der Waals surface area contributed by atoms with E-state index >= 15 is 0 Å². The van der Waals surface area contributed by atoms with E-state index in [4.69, 9.17) is 14.6 Å². The first-order valence-electron chi connectivity index (χ1n) is 7.13. The highest BCUT2D eigenvalue weighted by Crippen LogP contribution is 2.22. The fraction of sp³-hybridized carbons (Fsp3) is 0.923. The minimum atomic E-state index is -1.28. The molecule has 0 radical (unpaired) electrons. The van der Waals surface area contributed by atoms with Gasteiger partial charge in [-0.2, -0.15) is 12.6 Å². The standard InChI is InChI=1S/C13H25NO6S/c1-8(16)14-10-12(18)11(17)9(7-15)20-13(10)19-5-3-2-4-6-21/h9-13,15,17-18,21H,2-7H2,1H3,(H,14,16)/t9?,10?,11-,12?,13-/m1/s1. The molecule has 8 heteroatoms. The van der Waals surface area contributed by atoms with Gasteiger partial charge in [-0.15, -0.1) is 0 Å². The van der Waals surface area contributed by atoms with Crippen LogP contribution in [0.5, 0.6) is 0 Å². The summed E-state index contributed by atoms with van der Waals surface area (Å²) in [6.07, 6.45) is -1.65. The van der Waals surface area contributed by atoms with E-state index in [0.717, 1.165) is 25.0 Å². The molecule has 3 unspecified atom stereocenters. The molecule has 7 nitrogen and oxygen atoms in total. The molecule has 5 atom stereocenters. The summed E-state index contributed by atoms with van der Waals surface area (Å²) in [5, 5.41) is 31.6. The molecular weight excluding hydrogens is 298 g/mol. The quantitative estimate of drug-likeness (QED) is 0.291. The van der Waals surface area contributed by atoms with E-state index in [-0.39, 0.29) is 5.91 Å². The minimum absolute atomic E-state index is 0.360. The van der Waals surface area contributed by atoms with Crippen molar-refractivity contribution in [1.82, 2.24) is 5.32 Å². The van der Waals surface area contributed by atoms with E-state index in [1.165, 1.54) is 6.92 Å². The van der Waals surface area contributed by atoms with Crippen LogP contribution in [-0.2, 0) is 14.3 Å². The molecule has 0 bridgehead atoms. The van der Waals surface area contributed by atoms with E-state index in [1.54, 1.807) is 0 Å². The van der Waals surface area contributed by atoms with Crippen molar-refractivity contribution in [3.63, 3.8) is 0 Å². The Labute approximate surface area is 130 Å². The lowest BCUT2D eigenvalue weighted by Gasteiger charge is -2.42. The van der Waals surface area contributed by atoms with Crippen LogP contribution in [0.25, 0.3) is 0 Å². The van der Waals surface area contributed by atoms with E-state index in [9.17, 15) is 15.0 Å². The summed E-state index contributed by atoms with van der Waals surface area (Å²) in [6.45, 7) is 1.26. The first-order valence-corrected chi connectivity index (χ1v) is 7.76. The predicted octanol–water partition coefficient (Wildman–Crippen LogP) is -0.953. The molecular formula is C13H25NO6S. The number of unbranched alkanes of at least 4 members (excludes halogenated alkanes) is 2. The van der Waals surface area contributed by atoms with Gasteiger partial charge in [0.15, 0.2) is 6.29 Å². The number of rotatable bonds is 8. The van der Waals surface area contributed by atoms with Crippen molar-refractivity contribution in [2.75, 3.05) is 19.0 Å². The normalized spacial score (nSPS) is 32.9. The molecule has 0 aromatic rings. The van der Waals surface area contributed by atoms with Gasteiger partial charge in [0.1, 0.15) is 24.4 Å². The van der Waals surface area contributed by atoms with Crippen molar-refractivity contribution in [3.05, 3.63) is 0 Å². The van der Waals surface area contributed by atoms with Crippen LogP contribution in [0.3, 0.4) is 0 Å². The second-order valence-corrected chi connectivity index (χ2v) is 5.54. The maximum Gasteiger partial charge on any atom is 0.217 e. The summed E-state index contributed by atoms with van der Waals surface area (Å²) < 4.78 is 11.0. The Bertz CT molecular complexity index is 319. The van der Waals surface area contributed by atoms with Gasteiger partial charge in [0.2, 0.25) is 5.91 Å². The Morgan fingerprint density at radius 1 is 1.29 bits per heavy atom. The van der Waals surface area contributed by atoms with Gasteiger partial charge in [-0.1, -0.05) is 6.42 Å². The van der Waals surface area contributed by atoms with Gasteiger partial charge in [-0.05, 0) is 18.6 Å². The number of amides is 1. The third kappa shape index (κ3) is 5.72. The Morgan fingerprint density at radius 3 is 2.57 bits per heavy atom. The number of aliphatic hydroxyl groups excluding tert-OH is 3. The lowest BCUT2D eigenvalue weighted by molar-refractivity contribution is -0.270. The minimum Gasteiger partial charge on any atom is -0.394 e. The highest BCUT2D eigenvalue weighted by molar-refractivity contribution is 7.80. The summed E-state index contributed by atoms with van der Waals surface area (Å²) in [7, 11) is 0. The molecule has 1 aliphatic rings. The van der Waals surface area contributed by atoms with Gasteiger partial charge in [-0.3, -0.25) is 4.79 Å². The SMILES string of the molecule is CC(=O)NC1C(O)[C@H](O)C(CO)O[C@H]1OCCCCCS. The van der Waals surface area contributed by atoms with E-state index in [0.29, 0.717) is 6.61 Å². The molecule has 0 spiro atoms. The maximum atomic E-state index is 11.2. The fourth-order valence-electron chi connectivity index (χ4n) is 2.20. The number of aliphatic hydroxyl groups is 3. The van der Waals surface area contributed by atoms with Crippen LogP contribution in [0.4, 0.5) is 0 Å². The molecule has 124 valence electrons. The van der Waals surface area contributed by atoms with E-state index in [2.05, 4.69) is 17.9 Å². The lowest BCUT2D eigenvalue weighted by Crippen LogP contribution is -2.64. The van der Waals surface area contributed by atoms with E-state index < -0.39 is 37.3 Å². The van der Waals surface area contributed by atoms with Crippen molar-refractivity contribution >= 4 is 18.5 Å². The van der Waals surface area contributed by atoms with Crippen molar-refractivity contribution < 1.29 is 29.6 Å². The molecule has 1 amide bonds. The average molecular weight is 323 g/mol. The Balaban J connectivity index is 2.58. The summed E-state index contributed by atoms with van der Waals surface area (Å²) >= 11 is 4.12. The van der Waals surface area contributed by atoms with Crippen LogP contribution >= 0.6 is 12.6 Å². The van der Waals surface area contributed by atoms with Gasteiger partial charge in [0, 0.05) is 13.5 Å². The van der Waals surface area contributed by atoms with Crippen LogP contribution in [0.1, 0.15) is 26.2 Å². The summed E-state index contributed by atoms with van der Waals surface area (Å²) in [5.74, 6) is 0.451. The highest BCUT2D eigenvalue weighted by Gasteiger charge is 2.45. The van der Waals surface area contributed by atoms with Crippen LogP contribution in [0.2, 0.25) is 0 Å². The molecule has 4 N–H and O–H groups in total. The number of ether oxygens (including phenoxy) is 2. The number of carbonyl (C=O) groups is 1. The second-order valence-electron chi connectivity index (χ2n) is 5.09. The summed E-state index contributed by atoms with van der Waals surface area (Å²) in [5.41, 5.74) is 0. The number of carbonyl (C=O) groups excluding carboxylic acids is 1. The molecule has 1 aliphatic heterocycles. The molecule has 1 fully saturated rings. The monoisotopic (exact) mass is 323 g/mol. The maximum absolute atomic E-state index is 11.2. The molecule has 21 heavy (non-hydrogen) atoms. The number of nitrogens with one attached hydrogen (secondary N) is 1. The molecule has 0 aromatic heterocycles. The zero-order valence-corrected chi connectivity index (χ0v) is 13.0. The van der Waals surface area contributed by atoms with Crippen molar-refractivity contribution in [1.29, 1.82) is 0 Å². The molecule has 0 aliphatic carbocycles. The van der Waals surface area contributed by atoms with E-state index in [1.807, 2.05) is 0 Å².